The van der Waals surface area contributed by atoms with E-state index in [1.54, 1.807) is 48.5 Å². The molecule has 2 atom stereocenters. The van der Waals surface area contributed by atoms with Crippen molar-refractivity contribution in [2.75, 3.05) is 0 Å². The Morgan fingerprint density at radius 1 is 1.16 bits per heavy atom. The van der Waals surface area contributed by atoms with Gasteiger partial charge in [0.1, 0.15) is 12.6 Å². The minimum Gasteiger partial charge on any atom is -0.480 e. The highest BCUT2D eigenvalue weighted by atomic mass is 35.5. The number of nitrogens with one attached hydrogen (secondary N) is 2. The van der Waals surface area contributed by atoms with Gasteiger partial charge in [-0.15, -0.1) is 0 Å². The molecule has 12 heteroatoms. The zero-order chi connectivity index (χ0) is 23.3. The number of hydrogen-bond donors (Lipinski definition) is 3. The molecule has 2 aromatic carbocycles. The summed E-state index contributed by atoms with van der Waals surface area (Å²) in [5, 5.41) is 12.3. The number of esters is 1. The van der Waals surface area contributed by atoms with Gasteiger partial charge in [-0.25, -0.2) is 4.72 Å². The first-order chi connectivity index (χ1) is 15.2. The Balaban J connectivity index is 1.70. The van der Waals surface area contributed by atoms with Crippen LogP contribution in [0.5, 0.6) is 0 Å². The van der Waals surface area contributed by atoms with Crippen LogP contribution < -0.4 is 10.0 Å². The molecule has 0 unspecified atom stereocenters. The Bertz CT molecular complexity index is 1110. The Kier molecular flexibility index (Phi) is 7.46. The molecule has 1 amide bonds. The van der Waals surface area contributed by atoms with Gasteiger partial charge in [-0.2, -0.15) is 12.7 Å². The van der Waals surface area contributed by atoms with Crippen molar-refractivity contribution >= 4 is 39.7 Å². The molecular formula is C20H20ClN3O7S. The molecule has 0 bridgehead atoms. The van der Waals surface area contributed by atoms with Gasteiger partial charge in [0, 0.05) is 11.6 Å². The fourth-order valence-electron chi connectivity index (χ4n) is 3.03. The summed E-state index contributed by atoms with van der Waals surface area (Å²) in [4.78, 5) is 36.1. The fourth-order valence-corrected chi connectivity index (χ4v) is 4.48. The maximum absolute atomic E-state index is 12.4. The van der Waals surface area contributed by atoms with E-state index in [0.29, 0.717) is 10.6 Å². The van der Waals surface area contributed by atoms with E-state index in [4.69, 9.17) is 16.3 Å². The van der Waals surface area contributed by atoms with E-state index in [0.717, 1.165) is 9.87 Å². The fraction of sp³-hybridized carbons (Fsp3) is 0.250. The minimum absolute atomic E-state index is 0.0504. The molecule has 1 fully saturated rings. The lowest BCUT2D eigenvalue weighted by Crippen LogP contribution is -2.53. The van der Waals surface area contributed by atoms with Gasteiger partial charge in [0.2, 0.25) is 0 Å². The topological polar surface area (TPSA) is 142 Å². The largest absolute Gasteiger partial charge is 0.480 e. The van der Waals surface area contributed by atoms with E-state index in [9.17, 15) is 27.9 Å². The molecule has 0 saturated carbocycles. The number of carbonyl (C=O) groups excluding carboxylic acids is 2. The van der Waals surface area contributed by atoms with Gasteiger partial charge in [-0.1, -0.05) is 54.1 Å². The first kappa shape index (κ1) is 23.7. The Morgan fingerprint density at radius 3 is 2.50 bits per heavy atom. The van der Waals surface area contributed by atoms with Crippen molar-refractivity contribution in [2.45, 2.75) is 31.8 Å². The van der Waals surface area contributed by atoms with Crippen LogP contribution in [-0.2, 0) is 42.5 Å². The van der Waals surface area contributed by atoms with Crippen LogP contribution in [0.4, 0.5) is 0 Å². The molecule has 3 rings (SSSR count). The van der Waals surface area contributed by atoms with Crippen molar-refractivity contribution < 1.29 is 32.6 Å². The second kappa shape index (κ2) is 10.1. The van der Waals surface area contributed by atoms with Crippen LogP contribution in [0.1, 0.15) is 17.5 Å². The monoisotopic (exact) mass is 481 g/mol. The third-order valence-corrected chi connectivity index (χ3v) is 6.22. The summed E-state index contributed by atoms with van der Waals surface area (Å²) in [5.41, 5.74) is 1.20. The molecule has 1 heterocycles. The average molecular weight is 482 g/mol. The molecule has 0 aliphatic carbocycles. The van der Waals surface area contributed by atoms with Crippen molar-refractivity contribution in [3.8, 4) is 0 Å². The van der Waals surface area contributed by atoms with Crippen molar-refractivity contribution in [3.05, 3.63) is 70.7 Å². The Morgan fingerprint density at radius 2 is 1.84 bits per heavy atom. The number of carboxylic acids is 1. The normalized spacial score (nSPS) is 18.7. The van der Waals surface area contributed by atoms with E-state index in [1.165, 1.54) is 6.07 Å². The number of carboxylic acid groups (broad SMARTS) is 1. The second-order valence-corrected chi connectivity index (χ2v) is 9.02. The van der Waals surface area contributed by atoms with Gasteiger partial charge in [-0.05, 0) is 23.3 Å². The highest BCUT2D eigenvalue weighted by Gasteiger charge is 2.45. The van der Waals surface area contributed by atoms with Gasteiger partial charge in [0.15, 0.2) is 6.17 Å². The van der Waals surface area contributed by atoms with E-state index < -0.39 is 46.7 Å². The quantitative estimate of drug-likeness (QED) is 0.450. The predicted molar refractivity (Wildman–Crippen MR) is 113 cm³/mol. The van der Waals surface area contributed by atoms with Crippen molar-refractivity contribution in [1.82, 2.24) is 14.3 Å². The van der Waals surface area contributed by atoms with Crippen molar-refractivity contribution in [1.29, 1.82) is 0 Å². The molecule has 3 N–H and O–H groups in total. The van der Waals surface area contributed by atoms with E-state index >= 15 is 0 Å². The smallest absolute Gasteiger partial charge is 0.321 e. The molecular weight excluding hydrogens is 462 g/mol. The number of halogens is 1. The van der Waals surface area contributed by atoms with E-state index in [1.807, 2.05) is 4.72 Å². The minimum atomic E-state index is -4.22. The molecule has 10 nitrogen and oxygen atoms in total. The number of benzene rings is 2. The van der Waals surface area contributed by atoms with E-state index in [-0.39, 0.29) is 13.2 Å². The van der Waals surface area contributed by atoms with Crippen LogP contribution in [0.3, 0.4) is 0 Å². The first-order valence-corrected chi connectivity index (χ1v) is 11.2. The van der Waals surface area contributed by atoms with Crippen LogP contribution in [0.25, 0.3) is 0 Å². The lowest BCUT2D eigenvalue weighted by Gasteiger charge is -2.24. The summed E-state index contributed by atoms with van der Waals surface area (Å²) in [6.07, 6.45) is -2.15. The first-order valence-electron chi connectivity index (χ1n) is 9.42. The summed E-state index contributed by atoms with van der Waals surface area (Å²) in [7, 11) is -4.22. The lowest BCUT2D eigenvalue weighted by atomic mass is 10.2. The van der Waals surface area contributed by atoms with Crippen LogP contribution >= 0.6 is 11.6 Å². The highest BCUT2D eigenvalue weighted by molar-refractivity contribution is 7.88. The molecule has 1 aliphatic rings. The number of amides is 1. The summed E-state index contributed by atoms with van der Waals surface area (Å²) in [6, 6.07) is 13.6. The van der Waals surface area contributed by atoms with Crippen LogP contribution in [0.2, 0.25) is 5.02 Å². The molecule has 0 radical (unpaired) electrons. The Hall–Kier alpha value is -2.99. The summed E-state index contributed by atoms with van der Waals surface area (Å²) >= 11 is 5.93. The third-order valence-electron chi connectivity index (χ3n) is 4.57. The Labute approximate surface area is 189 Å². The third kappa shape index (κ3) is 6.04. The predicted octanol–water partition coefficient (Wildman–Crippen LogP) is 1.02. The maximum Gasteiger partial charge on any atom is 0.321 e. The number of nitrogens with zero attached hydrogens (tertiary/aromatic N) is 1. The number of hydrogen-bond acceptors (Lipinski definition) is 7. The molecule has 1 saturated heterocycles. The molecule has 32 heavy (non-hydrogen) atoms. The lowest BCUT2D eigenvalue weighted by molar-refractivity contribution is -0.151. The molecule has 170 valence electrons. The van der Waals surface area contributed by atoms with Gasteiger partial charge in [0.25, 0.3) is 5.91 Å². The standard InChI is InChI=1S/C20H20ClN3O7S/c21-15-8-4-7-14(9-15)11-24-18(19(26)23-32(24,29)30)22-16(20(27)28)10-17(25)31-12-13-5-2-1-3-6-13/h1-9,16,18,22H,10-12H2,(H,23,26)(H,27,28)/t16-,18+/m0/s1. The number of aliphatic carboxylic acids is 1. The second-order valence-electron chi connectivity index (χ2n) is 6.96. The van der Waals surface area contributed by atoms with Crippen LogP contribution in [0.15, 0.2) is 54.6 Å². The summed E-state index contributed by atoms with van der Waals surface area (Å²) in [6.45, 7) is -0.296. The van der Waals surface area contributed by atoms with Crippen LogP contribution in [0, 0.1) is 0 Å². The highest BCUT2D eigenvalue weighted by Crippen LogP contribution is 2.20. The molecule has 0 aromatic heterocycles. The summed E-state index contributed by atoms with van der Waals surface area (Å²) < 4.78 is 32.5. The molecule has 1 aliphatic heterocycles. The number of rotatable bonds is 9. The average Bonchev–Trinajstić information content (AvgIpc) is 2.94. The zero-order valence-corrected chi connectivity index (χ0v) is 18.2. The number of carbonyl (C=O) groups is 3. The van der Waals surface area contributed by atoms with Gasteiger partial charge >= 0.3 is 22.1 Å². The van der Waals surface area contributed by atoms with Crippen molar-refractivity contribution in [2.24, 2.45) is 0 Å². The summed E-state index contributed by atoms with van der Waals surface area (Å²) in [5.74, 6) is -3.23. The van der Waals surface area contributed by atoms with Gasteiger partial charge in [0.05, 0.1) is 6.42 Å². The maximum atomic E-state index is 12.4. The van der Waals surface area contributed by atoms with Gasteiger partial charge < -0.3 is 9.84 Å². The SMILES string of the molecule is O=C(C[C@H](N[C@H]1C(=O)NS(=O)(=O)N1Cc1cccc(Cl)c1)C(=O)O)OCc1ccccc1. The zero-order valence-electron chi connectivity index (χ0n) is 16.6. The molecule has 2 aromatic rings. The number of ether oxygens (including phenoxy) is 1. The van der Waals surface area contributed by atoms with Crippen LogP contribution in [-0.4, -0.2) is 47.9 Å². The van der Waals surface area contributed by atoms with Gasteiger partial charge in [-0.3, -0.25) is 19.7 Å². The van der Waals surface area contributed by atoms with E-state index in [2.05, 4.69) is 5.32 Å². The van der Waals surface area contributed by atoms with Crippen molar-refractivity contribution in [3.63, 3.8) is 0 Å². The molecule has 0 spiro atoms.